The molecule has 3 aliphatic heterocycles. The van der Waals surface area contributed by atoms with Gasteiger partial charge in [-0.3, -0.25) is 4.90 Å². The maximum atomic E-state index is 17.1. The van der Waals surface area contributed by atoms with Crippen LogP contribution in [-0.4, -0.2) is 71.9 Å². The van der Waals surface area contributed by atoms with Crippen molar-refractivity contribution < 1.29 is 31.4 Å². The Bertz CT molecular complexity index is 2010. The van der Waals surface area contributed by atoms with Crippen molar-refractivity contribution >= 4 is 54.7 Å². The minimum atomic E-state index is -2.47. The topological polar surface area (TPSA) is 101 Å². The van der Waals surface area contributed by atoms with Crippen LogP contribution in [0.5, 0.6) is 11.8 Å². The third-order valence-corrected chi connectivity index (χ3v) is 11.9. The van der Waals surface area contributed by atoms with Crippen LogP contribution >= 0.6 is 22.9 Å². The molecular formula is C33H30ClF5N6O2S. The van der Waals surface area contributed by atoms with E-state index in [0.29, 0.717) is 25.8 Å². The number of hydrogen-bond donors (Lipinski definition) is 1. The van der Waals surface area contributed by atoms with Crippen molar-refractivity contribution in [2.45, 2.75) is 62.7 Å². The second-order valence-electron chi connectivity index (χ2n) is 13.1. The van der Waals surface area contributed by atoms with Crippen molar-refractivity contribution in [2.75, 3.05) is 43.5 Å². The summed E-state index contributed by atoms with van der Waals surface area (Å²) in [6.45, 7) is 1.46. The van der Waals surface area contributed by atoms with Crippen molar-refractivity contribution in [1.82, 2.24) is 14.9 Å². The number of rotatable bonds is 6. The SMILES string of the molecule is N#Cc1c(N)sc2c(F)ccc(-c3c(Cl)c4c5c(nc(OC[C@@]67CCCN6C[C@H](F)C7)nc5c3F)N(C3CCC(C(F)F)C3)CCO4)c12. The van der Waals surface area contributed by atoms with Gasteiger partial charge in [-0.05, 0) is 50.3 Å². The van der Waals surface area contributed by atoms with Crippen LogP contribution in [0.25, 0.3) is 32.1 Å². The summed E-state index contributed by atoms with van der Waals surface area (Å²) >= 11 is 7.84. The summed E-state index contributed by atoms with van der Waals surface area (Å²) in [5, 5.41) is 10.1. The van der Waals surface area contributed by atoms with Crippen molar-refractivity contribution in [2.24, 2.45) is 5.92 Å². The largest absolute Gasteiger partial charge is 0.489 e. The fourth-order valence-electron chi connectivity index (χ4n) is 8.25. The van der Waals surface area contributed by atoms with Crippen LogP contribution in [-0.2, 0) is 0 Å². The minimum absolute atomic E-state index is 0.0108. The Balaban J connectivity index is 1.33. The summed E-state index contributed by atoms with van der Waals surface area (Å²) in [7, 11) is 0. The second-order valence-corrected chi connectivity index (χ2v) is 14.5. The standard InChI is InChI=1S/C33H30ClF5N6O2S/c34-24-22(18-4-5-20(36)28-21(18)19(12-40)30(41)48-28)25(37)26-23-27(24)46-9-8-45(17-3-2-15(10-17)29(38)39)31(23)43-32(42-26)47-14-33-6-1-7-44(33)13-16(35)11-33/h4-5,15-17,29H,1-3,6-11,13-14,41H2/t15?,16-,17?,33+/m1/s1. The summed E-state index contributed by atoms with van der Waals surface area (Å²) in [5.74, 6) is -1.98. The molecule has 2 unspecified atom stereocenters. The molecule has 48 heavy (non-hydrogen) atoms. The van der Waals surface area contributed by atoms with Crippen LogP contribution in [0.15, 0.2) is 12.1 Å². The second kappa shape index (κ2) is 11.7. The number of aromatic nitrogens is 2. The number of nitrogens with two attached hydrogens (primary N) is 1. The van der Waals surface area contributed by atoms with Crippen LogP contribution in [0.3, 0.4) is 0 Å². The van der Waals surface area contributed by atoms with E-state index in [2.05, 4.69) is 9.88 Å². The molecule has 0 radical (unpaired) electrons. The highest BCUT2D eigenvalue weighted by atomic mass is 35.5. The monoisotopic (exact) mass is 704 g/mol. The number of fused-ring (bicyclic) bond motifs is 2. The highest BCUT2D eigenvalue weighted by molar-refractivity contribution is 7.23. The predicted octanol–water partition coefficient (Wildman–Crippen LogP) is 7.48. The van der Waals surface area contributed by atoms with E-state index in [-0.39, 0.29) is 97.5 Å². The van der Waals surface area contributed by atoms with E-state index in [1.54, 1.807) is 0 Å². The van der Waals surface area contributed by atoms with Crippen LogP contribution in [0.4, 0.5) is 32.8 Å². The van der Waals surface area contributed by atoms with Gasteiger partial charge in [0.2, 0.25) is 6.43 Å². The smallest absolute Gasteiger partial charge is 0.319 e. The van der Waals surface area contributed by atoms with Gasteiger partial charge in [-0.15, -0.1) is 11.3 Å². The maximum absolute atomic E-state index is 17.1. The Hall–Kier alpha value is -3.67. The van der Waals surface area contributed by atoms with Gasteiger partial charge < -0.3 is 20.1 Å². The van der Waals surface area contributed by atoms with E-state index >= 15 is 4.39 Å². The summed E-state index contributed by atoms with van der Waals surface area (Å²) < 4.78 is 86.5. The first-order valence-electron chi connectivity index (χ1n) is 15.9. The van der Waals surface area contributed by atoms with Crippen LogP contribution in [0.1, 0.15) is 44.1 Å². The molecule has 1 aliphatic carbocycles. The Morgan fingerprint density at radius 1 is 1.21 bits per heavy atom. The summed E-state index contributed by atoms with van der Waals surface area (Å²) in [5.41, 5.74) is 5.28. The zero-order valence-electron chi connectivity index (χ0n) is 25.5. The summed E-state index contributed by atoms with van der Waals surface area (Å²) in [6.07, 6.45) is -0.531. The molecule has 0 bridgehead atoms. The van der Waals surface area contributed by atoms with E-state index in [4.69, 9.17) is 31.8 Å². The summed E-state index contributed by atoms with van der Waals surface area (Å²) in [4.78, 5) is 13.2. The van der Waals surface area contributed by atoms with Gasteiger partial charge in [0.25, 0.3) is 0 Å². The number of nitriles is 1. The fraction of sp³-hybridized carbons (Fsp3) is 0.485. The molecule has 8 rings (SSSR count). The highest BCUT2D eigenvalue weighted by Crippen LogP contribution is 2.51. The third kappa shape index (κ3) is 4.83. The van der Waals surface area contributed by atoms with Crippen molar-refractivity contribution in [1.29, 1.82) is 5.26 Å². The number of nitrogens with zero attached hydrogens (tertiary/aromatic N) is 5. The molecule has 5 heterocycles. The first kappa shape index (κ1) is 31.6. The quantitative estimate of drug-likeness (QED) is 0.206. The van der Waals surface area contributed by atoms with E-state index in [0.717, 1.165) is 36.8 Å². The van der Waals surface area contributed by atoms with Gasteiger partial charge in [0.1, 0.15) is 47.6 Å². The van der Waals surface area contributed by atoms with Gasteiger partial charge in [0.15, 0.2) is 11.6 Å². The molecule has 2 saturated heterocycles. The summed E-state index contributed by atoms with van der Waals surface area (Å²) in [6, 6.07) is 4.00. The Morgan fingerprint density at radius 3 is 2.81 bits per heavy atom. The number of hydrogen-bond acceptors (Lipinski definition) is 9. The predicted molar refractivity (Wildman–Crippen MR) is 173 cm³/mol. The lowest BCUT2D eigenvalue weighted by Crippen LogP contribution is -2.43. The molecule has 15 heteroatoms. The van der Waals surface area contributed by atoms with Crippen molar-refractivity contribution in [3.8, 4) is 29.0 Å². The number of anilines is 2. The fourth-order valence-corrected chi connectivity index (χ4v) is 9.53. The number of benzene rings is 2. The first-order valence-corrected chi connectivity index (χ1v) is 17.1. The van der Waals surface area contributed by atoms with Gasteiger partial charge in [0, 0.05) is 35.9 Å². The van der Waals surface area contributed by atoms with Gasteiger partial charge in [-0.2, -0.15) is 15.2 Å². The molecule has 4 atom stereocenters. The van der Waals surface area contributed by atoms with Crippen molar-refractivity contribution in [3.63, 3.8) is 0 Å². The Morgan fingerprint density at radius 2 is 2.04 bits per heavy atom. The van der Waals surface area contributed by atoms with E-state index in [1.165, 1.54) is 6.07 Å². The number of ether oxygens (including phenoxy) is 2. The lowest BCUT2D eigenvalue weighted by atomic mass is 9.95. The van der Waals surface area contributed by atoms with Gasteiger partial charge in [-0.1, -0.05) is 17.7 Å². The zero-order valence-corrected chi connectivity index (χ0v) is 27.1. The van der Waals surface area contributed by atoms with Crippen LogP contribution in [0, 0.1) is 28.9 Å². The molecule has 4 aliphatic rings. The van der Waals surface area contributed by atoms with E-state index < -0.39 is 35.7 Å². The number of nitrogen functional groups attached to an aromatic ring is 1. The molecule has 0 spiro atoms. The van der Waals surface area contributed by atoms with Gasteiger partial charge >= 0.3 is 6.01 Å². The first-order chi connectivity index (χ1) is 23.1. The molecule has 1 saturated carbocycles. The minimum Gasteiger partial charge on any atom is -0.489 e. The number of halogens is 6. The highest BCUT2D eigenvalue weighted by Gasteiger charge is 2.49. The molecule has 2 N–H and O–H groups in total. The molecule has 4 aromatic rings. The molecule has 3 fully saturated rings. The lowest BCUT2D eigenvalue weighted by molar-refractivity contribution is 0.0798. The molecule has 8 nitrogen and oxygen atoms in total. The number of thiophene rings is 1. The molecule has 2 aromatic heterocycles. The van der Waals surface area contributed by atoms with Gasteiger partial charge in [-0.25, -0.2) is 22.0 Å². The van der Waals surface area contributed by atoms with E-state index in [9.17, 15) is 22.8 Å². The average Bonchev–Trinajstić information content (AvgIpc) is 3.81. The van der Waals surface area contributed by atoms with Crippen LogP contribution < -0.4 is 20.1 Å². The molecule has 252 valence electrons. The number of alkyl halides is 3. The van der Waals surface area contributed by atoms with Crippen LogP contribution in [0.2, 0.25) is 5.02 Å². The Kier molecular flexibility index (Phi) is 7.72. The average molecular weight is 705 g/mol. The molecular weight excluding hydrogens is 675 g/mol. The zero-order chi connectivity index (χ0) is 33.5. The van der Waals surface area contributed by atoms with Crippen molar-refractivity contribution in [3.05, 3.63) is 34.4 Å². The molecule has 0 amide bonds. The van der Waals surface area contributed by atoms with E-state index in [1.807, 2.05) is 11.0 Å². The van der Waals surface area contributed by atoms with Gasteiger partial charge in [0.05, 0.1) is 32.8 Å². The normalized spacial score (nSPS) is 25.5. The Labute approximate surface area is 281 Å². The maximum Gasteiger partial charge on any atom is 0.319 e. The molecule has 2 aromatic carbocycles. The third-order valence-electron chi connectivity index (χ3n) is 10.5. The lowest BCUT2D eigenvalue weighted by Gasteiger charge is -2.32.